The van der Waals surface area contributed by atoms with Crippen molar-refractivity contribution < 1.29 is 23.0 Å². The topological polar surface area (TPSA) is 76.6 Å². The molecule has 9 heteroatoms. The van der Waals surface area contributed by atoms with Gasteiger partial charge in [-0.15, -0.1) is 0 Å². The fourth-order valence-corrected chi connectivity index (χ4v) is 3.44. The van der Waals surface area contributed by atoms with Gasteiger partial charge in [-0.3, -0.25) is 4.79 Å². The number of benzene rings is 1. The second-order valence-electron chi connectivity index (χ2n) is 6.84. The number of nitrogens with zero attached hydrogens (tertiary/aromatic N) is 3. The lowest BCUT2D eigenvalue weighted by atomic mass is 10.0. The first kappa shape index (κ1) is 18.7. The highest BCUT2D eigenvalue weighted by atomic mass is 19.1. The average Bonchev–Trinajstić information content (AvgIpc) is 3.13. The summed E-state index contributed by atoms with van der Waals surface area (Å²) in [6.07, 6.45) is 1.35. The number of aromatic nitrogens is 2. The van der Waals surface area contributed by atoms with Gasteiger partial charge in [-0.25, -0.2) is 18.7 Å². The molecule has 28 heavy (non-hydrogen) atoms. The Morgan fingerprint density at radius 1 is 1.14 bits per heavy atom. The quantitative estimate of drug-likeness (QED) is 0.868. The maximum absolute atomic E-state index is 13.8. The van der Waals surface area contributed by atoms with Crippen molar-refractivity contribution in [3.63, 3.8) is 0 Å². The predicted octanol–water partition coefficient (Wildman–Crippen LogP) is 2.66. The van der Waals surface area contributed by atoms with Crippen LogP contribution in [0.25, 0.3) is 0 Å². The number of carbonyl (C=O) groups is 1. The zero-order valence-electron chi connectivity index (χ0n) is 15.4. The van der Waals surface area contributed by atoms with Gasteiger partial charge in [0, 0.05) is 31.6 Å². The highest BCUT2D eigenvalue weighted by Crippen LogP contribution is 2.32. The fraction of sp³-hybridized carbons (Fsp3) is 0.421. The SMILES string of the molecule is Cc1cc(C(=O)Nc2c(F)cccc2F)nc(N2CCC3(CC2)OCCO3)n1. The second-order valence-corrected chi connectivity index (χ2v) is 6.84. The summed E-state index contributed by atoms with van der Waals surface area (Å²) in [6, 6.07) is 4.86. The first-order chi connectivity index (χ1) is 13.5. The van der Waals surface area contributed by atoms with Gasteiger partial charge in [0.25, 0.3) is 5.91 Å². The van der Waals surface area contributed by atoms with Gasteiger partial charge in [0.2, 0.25) is 5.95 Å². The zero-order chi connectivity index (χ0) is 19.7. The number of rotatable bonds is 3. The van der Waals surface area contributed by atoms with E-state index in [1.54, 1.807) is 6.92 Å². The van der Waals surface area contributed by atoms with Crippen molar-refractivity contribution >= 4 is 17.5 Å². The molecule has 0 unspecified atom stereocenters. The summed E-state index contributed by atoms with van der Waals surface area (Å²) in [7, 11) is 0. The number of halogens is 2. The molecule has 1 N–H and O–H groups in total. The molecule has 2 fully saturated rings. The summed E-state index contributed by atoms with van der Waals surface area (Å²) >= 11 is 0. The monoisotopic (exact) mass is 390 g/mol. The van der Waals surface area contributed by atoms with E-state index in [1.165, 1.54) is 12.1 Å². The van der Waals surface area contributed by atoms with Gasteiger partial charge in [0.1, 0.15) is 23.0 Å². The van der Waals surface area contributed by atoms with E-state index in [4.69, 9.17) is 9.47 Å². The molecule has 2 aliphatic heterocycles. The van der Waals surface area contributed by atoms with Crippen LogP contribution in [-0.2, 0) is 9.47 Å². The molecule has 1 aromatic heterocycles. The number of piperidine rings is 1. The highest BCUT2D eigenvalue weighted by molar-refractivity contribution is 6.03. The Morgan fingerprint density at radius 3 is 2.43 bits per heavy atom. The smallest absolute Gasteiger partial charge is 0.274 e. The first-order valence-corrected chi connectivity index (χ1v) is 9.10. The summed E-state index contributed by atoms with van der Waals surface area (Å²) in [5.74, 6) is -2.53. The van der Waals surface area contributed by atoms with E-state index in [-0.39, 0.29) is 5.69 Å². The molecule has 1 amide bonds. The third-order valence-corrected chi connectivity index (χ3v) is 4.90. The second kappa shape index (κ2) is 7.40. The van der Waals surface area contributed by atoms with Crippen molar-refractivity contribution in [3.8, 4) is 0 Å². The van der Waals surface area contributed by atoms with E-state index < -0.39 is 29.0 Å². The zero-order valence-corrected chi connectivity index (χ0v) is 15.4. The van der Waals surface area contributed by atoms with Crippen LogP contribution in [0.3, 0.4) is 0 Å². The lowest BCUT2D eigenvalue weighted by molar-refractivity contribution is -0.169. The number of para-hydroxylation sites is 1. The molecule has 1 aromatic carbocycles. The predicted molar refractivity (Wildman–Crippen MR) is 97.2 cm³/mol. The number of nitrogens with one attached hydrogen (secondary N) is 1. The van der Waals surface area contributed by atoms with E-state index in [1.807, 2.05) is 4.90 Å². The Kier molecular flexibility index (Phi) is 4.94. The van der Waals surface area contributed by atoms with Gasteiger partial charge >= 0.3 is 0 Å². The molecule has 2 aliphatic rings. The van der Waals surface area contributed by atoms with E-state index in [0.29, 0.717) is 50.8 Å². The normalized spacial score (nSPS) is 18.5. The summed E-state index contributed by atoms with van der Waals surface area (Å²) in [5.41, 5.74) is 0.123. The number of anilines is 2. The molecule has 0 bridgehead atoms. The lowest BCUT2D eigenvalue weighted by Crippen LogP contribution is -2.45. The molecule has 3 heterocycles. The first-order valence-electron chi connectivity index (χ1n) is 9.10. The molecular formula is C19H20F2N4O3. The molecule has 4 rings (SSSR count). The van der Waals surface area contributed by atoms with E-state index >= 15 is 0 Å². The third kappa shape index (κ3) is 3.67. The van der Waals surface area contributed by atoms with Crippen LogP contribution in [0.1, 0.15) is 29.0 Å². The van der Waals surface area contributed by atoms with Crippen LogP contribution in [0.2, 0.25) is 0 Å². The summed E-state index contributed by atoms with van der Waals surface area (Å²) in [6.45, 7) is 4.16. The molecular weight excluding hydrogens is 370 g/mol. The molecule has 2 saturated heterocycles. The van der Waals surface area contributed by atoms with Crippen molar-refractivity contribution in [2.75, 3.05) is 36.5 Å². The van der Waals surface area contributed by atoms with Gasteiger partial charge in [-0.1, -0.05) is 6.07 Å². The lowest BCUT2D eigenvalue weighted by Gasteiger charge is -2.37. The minimum Gasteiger partial charge on any atom is -0.347 e. The summed E-state index contributed by atoms with van der Waals surface area (Å²) in [5, 5.41) is 2.25. The van der Waals surface area contributed by atoms with Gasteiger partial charge in [0.15, 0.2) is 5.79 Å². The number of amides is 1. The molecule has 148 valence electrons. The maximum atomic E-state index is 13.8. The van der Waals surface area contributed by atoms with Crippen LogP contribution < -0.4 is 10.2 Å². The number of ether oxygens (including phenoxy) is 2. The van der Waals surface area contributed by atoms with Crippen LogP contribution in [0.5, 0.6) is 0 Å². The Morgan fingerprint density at radius 2 is 1.79 bits per heavy atom. The highest BCUT2D eigenvalue weighted by Gasteiger charge is 2.40. The molecule has 7 nitrogen and oxygen atoms in total. The molecule has 2 aromatic rings. The molecule has 0 aliphatic carbocycles. The minimum atomic E-state index is -0.850. The van der Waals surface area contributed by atoms with E-state index in [9.17, 15) is 13.6 Å². The standard InChI is InChI=1S/C19H20F2N4O3/c1-12-11-15(17(26)24-16-13(20)3-2-4-14(16)21)23-18(22-12)25-7-5-19(6-8-25)27-9-10-28-19/h2-4,11H,5-10H2,1H3,(H,24,26). The van der Waals surface area contributed by atoms with Gasteiger partial charge in [0.05, 0.1) is 13.2 Å². The fourth-order valence-electron chi connectivity index (χ4n) is 3.44. The molecule has 0 radical (unpaired) electrons. The summed E-state index contributed by atoms with van der Waals surface area (Å²) < 4.78 is 39.0. The Labute approximate surface area is 160 Å². The minimum absolute atomic E-state index is 0.0406. The van der Waals surface area contributed by atoms with Crippen LogP contribution in [0, 0.1) is 18.6 Å². The van der Waals surface area contributed by atoms with Crippen LogP contribution in [0.15, 0.2) is 24.3 Å². The van der Waals surface area contributed by atoms with Crippen molar-refractivity contribution in [2.24, 2.45) is 0 Å². The number of aryl methyl sites for hydroxylation is 1. The van der Waals surface area contributed by atoms with Crippen molar-refractivity contribution in [2.45, 2.75) is 25.6 Å². The summed E-state index contributed by atoms with van der Waals surface area (Å²) in [4.78, 5) is 23.2. The van der Waals surface area contributed by atoms with E-state index in [0.717, 1.165) is 12.1 Å². The van der Waals surface area contributed by atoms with E-state index in [2.05, 4.69) is 15.3 Å². The van der Waals surface area contributed by atoms with Crippen molar-refractivity contribution in [1.82, 2.24) is 9.97 Å². The van der Waals surface area contributed by atoms with Crippen molar-refractivity contribution in [1.29, 1.82) is 0 Å². The average molecular weight is 390 g/mol. The number of hydrogen-bond donors (Lipinski definition) is 1. The van der Waals surface area contributed by atoms with Gasteiger partial charge < -0.3 is 19.7 Å². The Bertz CT molecular complexity index is 872. The number of hydrogen-bond acceptors (Lipinski definition) is 6. The third-order valence-electron chi connectivity index (χ3n) is 4.90. The Hall–Kier alpha value is -2.65. The van der Waals surface area contributed by atoms with Crippen LogP contribution in [-0.4, -0.2) is 48.0 Å². The number of carbonyl (C=O) groups excluding carboxylic acids is 1. The van der Waals surface area contributed by atoms with Crippen LogP contribution in [0.4, 0.5) is 20.4 Å². The molecule has 0 saturated carbocycles. The molecule has 1 spiro atoms. The maximum Gasteiger partial charge on any atom is 0.274 e. The Balaban J connectivity index is 1.52. The largest absolute Gasteiger partial charge is 0.347 e. The molecule has 0 atom stereocenters. The van der Waals surface area contributed by atoms with Crippen molar-refractivity contribution in [3.05, 3.63) is 47.3 Å². The van der Waals surface area contributed by atoms with Gasteiger partial charge in [-0.2, -0.15) is 0 Å². The van der Waals surface area contributed by atoms with Crippen LogP contribution >= 0.6 is 0 Å². The van der Waals surface area contributed by atoms with Gasteiger partial charge in [-0.05, 0) is 25.1 Å².